The molecule has 1 aromatic rings. The van der Waals surface area contributed by atoms with Gasteiger partial charge in [-0.05, 0) is 24.6 Å². The van der Waals surface area contributed by atoms with Crippen LogP contribution in [0.3, 0.4) is 0 Å². The van der Waals surface area contributed by atoms with Crippen LogP contribution in [0.1, 0.15) is 5.56 Å². The van der Waals surface area contributed by atoms with Crippen LogP contribution >= 0.6 is 0 Å². The molecule has 0 atom stereocenters. The summed E-state index contributed by atoms with van der Waals surface area (Å²) in [4.78, 5) is 10.2. The van der Waals surface area contributed by atoms with Gasteiger partial charge in [0, 0.05) is 0 Å². The van der Waals surface area contributed by atoms with Crippen LogP contribution in [-0.4, -0.2) is 6.09 Å². The van der Waals surface area contributed by atoms with E-state index in [-0.39, 0.29) is 0 Å². The number of hydrogen-bond donors (Lipinski definition) is 1. The third kappa shape index (κ3) is 2.29. The van der Waals surface area contributed by atoms with Crippen molar-refractivity contribution in [2.45, 2.75) is 0 Å². The monoisotopic (exact) mass is 150 g/mol. The first-order valence-corrected chi connectivity index (χ1v) is 3.08. The Labute approximate surface area is 64.8 Å². The first-order valence-electron chi connectivity index (χ1n) is 3.08. The van der Waals surface area contributed by atoms with Gasteiger partial charge in [0.2, 0.25) is 0 Å². The lowest BCUT2D eigenvalue weighted by Crippen LogP contribution is -2.16. The Morgan fingerprint density at radius 2 is 1.91 bits per heavy atom. The van der Waals surface area contributed by atoms with Gasteiger partial charge in [-0.3, -0.25) is 0 Å². The highest BCUT2D eigenvalue weighted by molar-refractivity contribution is 5.67. The van der Waals surface area contributed by atoms with E-state index in [0.717, 1.165) is 5.56 Å². The summed E-state index contributed by atoms with van der Waals surface area (Å²) < 4.78 is 4.58. The van der Waals surface area contributed by atoms with Crippen LogP contribution in [-0.2, 0) is 0 Å². The van der Waals surface area contributed by atoms with E-state index in [0.29, 0.717) is 5.75 Å². The second kappa shape index (κ2) is 3.05. The van der Waals surface area contributed by atoms with Gasteiger partial charge in [-0.1, -0.05) is 12.1 Å². The molecule has 0 spiro atoms. The highest BCUT2D eigenvalue weighted by Crippen LogP contribution is 2.10. The predicted molar refractivity (Wildman–Crippen MR) is 41.1 cm³/mol. The Kier molecular flexibility index (Phi) is 2.11. The molecular weight excluding hydrogens is 142 g/mol. The Morgan fingerprint density at radius 1 is 1.36 bits per heavy atom. The molecule has 0 aliphatic rings. The first kappa shape index (κ1) is 7.60. The van der Waals surface area contributed by atoms with Crippen molar-refractivity contribution < 1.29 is 9.53 Å². The van der Waals surface area contributed by atoms with E-state index >= 15 is 0 Å². The Balaban J connectivity index is 2.74. The molecule has 1 aromatic carbocycles. The minimum absolute atomic E-state index is 0.435. The zero-order valence-corrected chi connectivity index (χ0v) is 5.91. The SMILES string of the molecule is [CH2]c1ccc(OC(N)=O)cc1. The average Bonchev–Trinajstić information content (AvgIpc) is 1.93. The van der Waals surface area contributed by atoms with Crippen LogP contribution in [0.5, 0.6) is 5.75 Å². The molecule has 11 heavy (non-hydrogen) atoms. The van der Waals surface area contributed by atoms with Crippen LogP contribution in [0.25, 0.3) is 0 Å². The molecule has 0 saturated heterocycles. The van der Waals surface area contributed by atoms with Gasteiger partial charge < -0.3 is 10.5 Å². The summed E-state index contributed by atoms with van der Waals surface area (Å²) in [7, 11) is 0. The molecule has 0 bridgehead atoms. The second-order valence-corrected chi connectivity index (χ2v) is 2.07. The number of amides is 1. The molecule has 1 amide bonds. The predicted octanol–water partition coefficient (Wildman–Crippen LogP) is 1.33. The summed E-state index contributed by atoms with van der Waals surface area (Å²) in [5, 5.41) is 0. The third-order valence-electron chi connectivity index (χ3n) is 1.14. The summed E-state index contributed by atoms with van der Waals surface area (Å²) in [5.41, 5.74) is 5.65. The minimum atomic E-state index is -0.804. The molecular formula is C8H8NO2. The zero-order valence-electron chi connectivity index (χ0n) is 5.91. The lowest BCUT2D eigenvalue weighted by Gasteiger charge is -1.99. The van der Waals surface area contributed by atoms with Crippen LogP contribution in [0.4, 0.5) is 4.79 Å². The highest BCUT2D eigenvalue weighted by Gasteiger charge is 1.95. The molecule has 0 aliphatic heterocycles. The molecule has 0 heterocycles. The zero-order chi connectivity index (χ0) is 8.27. The van der Waals surface area contributed by atoms with Gasteiger partial charge in [-0.2, -0.15) is 0 Å². The number of carbonyl (C=O) groups excluding carboxylic acids is 1. The molecule has 0 fully saturated rings. The van der Waals surface area contributed by atoms with Gasteiger partial charge in [-0.15, -0.1) is 0 Å². The van der Waals surface area contributed by atoms with Crippen molar-refractivity contribution in [1.82, 2.24) is 0 Å². The number of primary amides is 1. The molecule has 3 heteroatoms. The number of ether oxygens (including phenoxy) is 1. The van der Waals surface area contributed by atoms with Gasteiger partial charge in [-0.25, -0.2) is 4.79 Å². The van der Waals surface area contributed by atoms with Crippen LogP contribution in [0.2, 0.25) is 0 Å². The number of carbonyl (C=O) groups is 1. The van der Waals surface area contributed by atoms with Crippen LogP contribution in [0, 0.1) is 6.92 Å². The normalized spacial score (nSPS) is 9.18. The maximum Gasteiger partial charge on any atom is 0.409 e. The minimum Gasteiger partial charge on any atom is -0.411 e. The largest absolute Gasteiger partial charge is 0.411 e. The molecule has 1 radical (unpaired) electrons. The van der Waals surface area contributed by atoms with Crippen molar-refractivity contribution in [1.29, 1.82) is 0 Å². The number of rotatable bonds is 1. The number of hydrogen-bond acceptors (Lipinski definition) is 2. The van der Waals surface area contributed by atoms with Crippen LogP contribution < -0.4 is 10.5 Å². The van der Waals surface area contributed by atoms with E-state index in [1.807, 2.05) is 0 Å². The fraction of sp³-hybridized carbons (Fsp3) is 0. The summed E-state index contributed by atoms with van der Waals surface area (Å²) >= 11 is 0. The Hall–Kier alpha value is -1.51. The summed E-state index contributed by atoms with van der Waals surface area (Å²) in [6.07, 6.45) is -0.804. The molecule has 3 nitrogen and oxygen atoms in total. The second-order valence-electron chi connectivity index (χ2n) is 2.07. The van der Waals surface area contributed by atoms with Crippen LogP contribution in [0.15, 0.2) is 24.3 Å². The van der Waals surface area contributed by atoms with E-state index in [4.69, 9.17) is 5.73 Å². The van der Waals surface area contributed by atoms with Gasteiger partial charge in [0.25, 0.3) is 0 Å². The molecule has 0 aromatic heterocycles. The Morgan fingerprint density at radius 3 is 2.36 bits per heavy atom. The molecule has 1 rings (SSSR count). The van der Waals surface area contributed by atoms with Gasteiger partial charge in [0.05, 0.1) is 0 Å². The number of nitrogens with two attached hydrogens (primary N) is 1. The molecule has 2 N–H and O–H groups in total. The molecule has 0 aliphatic carbocycles. The topological polar surface area (TPSA) is 52.3 Å². The first-order chi connectivity index (χ1) is 5.18. The number of benzene rings is 1. The standard InChI is InChI=1S/C8H8NO2/c1-6-2-4-7(5-3-6)11-8(9)10/h2-5H,1H2,(H2,9,10). The van der Waals surface area contributed by atoms with Crippen molar-refractivity contribution in [2.24, 2.45) is 5.73 Å². The van der Waals surface area contributed by atoms with E-state index in [1.165, 1.54) is 0 Å². The van der Waals surface area contributed by atoms with Crippen molar-refractivity contribution in [3.63, 3.8) is 0 Å². The van der Waals surface area contributed by atoms with Crippen molar-refractivity contribution in [2.75, 3.05) is 0 Å². The summed E-state index contributed by atoms with van der Waals surface area (Å²) in [6, 6.07) is 6.73. The maximum absolute atomic E-state index is 10.2. The average molecular weight is 150 g/mol. The highest BCUT2D eigenvalue weighted by atomic mass is 16.5. The molecule has 0 saturated carbocycles. The van der Waals surface area contributed by atoms with Crippen molar-refractivity contribution in [3.8, 4) is 5.75 Å². The van der Waals surface area contributed by atoms with E-state index in [1.54, 1.807) is 24.3 Å². The Bertz CT molecular complexity index is 253. The van der Waals surface area contributed by atoms with Gasteiger partial charge in [0.1, 0.15) is 5.75 Å². The van der Waals surface area contributed by atoms with E-state index in [2.05, 4.69) is 11.7 Å². The van der Waals surface area contributed by atoms with E-state index < -0.39 is 6.09 Å². The van der Waals surface area contributed by atoms with Gasteiger partial charge in [0.15, 0.2) is 0 Å². The van der Waals surface area contributed by atoms with Crippen molar-refractivity contribution in [3.05, 3.63) is 36.8 Å². The molecule has 0 unspecified atom stereocenters. The molecule has 57 valence electrons. The third-order valence-corrected chi connectivity index (χ3v) is 1.14. The quantitative estimate of drug-likeness (QED) is 0.656. The fourth-order valence-corrected chi connectivity index (χ4v) is 0.674. The van der Waals surface area contributed by atoms with Gasteiger partial charge >= 0.3 is 6.09 Å². The maximum atomic E-state index is 10.2. The van der Waals surface area contributed by atoms with Crippen molar-refractivity contribution >= 4 is 6.09 Å². The smallest absolute Gasteiger partial charge is 0.409 e. The summed E-state index contributed by atoms with van der Waals surface area (Å²) in [5.74, 6) is 0.435. The lowest BCUT2D eigenvalue weighted by molar-refractivity contribution is 0.211. The lowest BCUT2D eigenvalue weighted by atomic mass is 10.2. The van der Waals surface area contributed by atoms with E-state index in [9.17, 15) is 4.79 Å². The fourth-order valence-electron chi connectivity index (χ4n) is 0.674. The summed E-state index contributed by atoms with van der Waals surface area (Å²) in [6.45, 7) is 3.67.